The van der Waals surface area contributed by atoms with E-state index < -0.39 is 0 Å². The van der Waals surface area contributed by atoms with E-state index in [-0.39, 0.29) is 0 Å². The van der Waals surface area contributed by atoms with Crippen molar-refractivity contribution in [3.63, 3.8) is 0 Å². The van der Waals surface area contributed by atoms with Gasteiger partial charge in [0.05, 0.1) is 5.69 Å². The van der Waals surface area contributed by atoms with Crippen LogP contribution in [0.3, 0.4) is 0 Å². The fourth-order valence-corrected chi connectivity index (χ4v) is 1.95. The van der Waals surface area contributed by atoms with E-state index in [1.807, 2.05) is 30.5 Å². The van der Waals surface area contributed by atoms with Crippen LogP contribution in [-0.4, -0.2) is 10.8 Å². The fraction of sp³-hybridized carbons (Fsp3) is 0.214. The zero-order valence-corrected chi connectivity index (χ0v) is 11.8. The molecule has 2 nitrogen and oxygen atoms in total. The minimum atomic E-state index is 0.967. The highest BCUT2D eigenvalue weighted by Gasteiger charge is 2.02. The van der Waals surface area contributed by atoms with Crippen molar-refractivity contribution in [3.05, 3.63) is 51.8 Å². The normalized spacial score (nSPS) is 11.3. The second kappa shape index (κ2) is 4.88. The third kappa shape index (κ3) is 2.67. The van der Waals surface area contributed by atoms with Crippen molar-refractivity contribution in [2.45, 2.75) is 13.8 Å². The van der Waals surface area contributed by atoms with Gasteiger partial charge >= 0.3 is 0 Å². The van der Waals surface area contributed by atoms with Crippen LogP contribution in [0.5, 0.6) is 0 Å². The molecule has 0 unspecified atom stereocenters. The molecule has 0 saturated heterocycles. The average molecular weight is 291 g/mol. The maximum Gasteiger partial charge on any atom is 0.0630 e. The first-order valence-electron chi connectivity index (χ1n) is 5.50. The Labute approximate surface area is 110 Å². The van der Waals surface area contributed by atoms with Crippen molar-refractivity contribution in [2.75, 3.05) is 0 Å². The molecule has 2 aromatic rings. The van der Waals surface area contributed by atoms with Gasteiger partial charge < -0.3 is 4.57 Å². The van der Waals surface area contributed by atoms with E-state index in [9.17, 15) is 0 Å². The van der Waals surface area contributed by atoms with Gasteiger partial charge in [0.2, 0.25) is 0 Å². The Hall–Kier alpha value is -1.35. The minimum Gasteiger partial charge on any atom is -0.352 e. The van der Waals surface area contributed by atoms with Gasteiger partial charge in [0, 0.05) is 34.7 Å². The second-order valence-corrected chi connectivity index (χ2v) is 5.04. The van der Waals surface area contributed by atoms with Crippen molar-refractivity contribution < 1.29 is 0 Å². The molecule has 1 heterocycles. The van der Waals surface area contributed by atoms with E-state index in [2.05, 4.69) is 52.5 Å². The summed E-state index contributed by atoms with van der Waals surface area (Å²) in [7, 11) is 2.07. The van der Waals surface area contributed by atoms with Crippen molar-refractivity contribution in [2.24, 2.45) is 12.0 Å². The Morgan fingerprint density at radius 1 is 1.18 bits per heavy atom. The lowest BCUT2D eigenvalue weighted by molar-refractivity contribution is 0.843. The van der Waals surface area contributed by atoms with E-state index >= 15 is 0 Å². The van der Waals surface area contributed by atoms with Gasteiger partial charge in [0.25, 0.3) is 0 Å². The molecule has 17 heavy (non-hydrogen) atoms. The summed E-state index contributed by atoms with van der Waals surface area (Å²) in [6.45, 7) is 4.21. The monoisotopic (exact) mass is 290 g/mol. The lowest BCUT2D eigenvalue weighted by atomic mass is 10.2. The molecule has 0 N–H and O–H groups in total. The van der Waals surface area contributed by atoms with Crippen molar-refractivity contribution in [3.8, 4) is 0 Å². The molecule has 88 valence electrons. The average Bonchev–Trinajstić information content (AvgIpc) is 2.56. The lowest BCUT2D eigenvalue weighted by Crippen LogP contribution is -1.93. The number of aryl methyl sites for hydroxylation is 1. The van der Waals surface area contributed by atoms with E-state index in [1.54, 1.807) is 0 Å². The topological polar surface area (TPSA) is 17.3 Å². The number of halogens is 1. The summed E-state index contributed by atoms with van der Waals surface area (Å²) in [4.78, 5) is 4.47. The molecule has 0 atom stereocenters. The number of aromatic nitrogens is 1. The molecule has 1 aromatic carbocycles. The summed E-state index contributed by atoms with van der Waals surface area (Å²) in [5.74, 6) is 0. The van der Waals surface area contributed by atoms with Gasteiger partial charge in [0.15, 0.2) is 0 Å². The number of aliphatic imine (C=N–C) groups is 1. The summed E-state index contributed by atoms with van der Waals surface area (Å²) in [5, 5.41) is 0. The number of rotatable bonds is 2. The molecule has 0 aliphatic heterocycles. The van der Waals surface area contributed by atoms with Crippen LogP contribution < -0.4 is 0 Å². The molecule has 0 spiro atoms. The highest BCUT2D eigenvalue weighted by Crippen LogP contribution is 2.17. The largest absolute Gasteiger partial charge is 0.352 e. The molecule has 0 bridgehead atoms. The molecule has 0 aliphatic rings. The molecule has 1 aromatic heterocycles. The first-order chi connectivity index (χ1) is 8.08. The first kappa shape index (κ1) is 12.1. The molecular formula is C14H15BrN2. The van der Waals surface area contributed by atoms with Crippen LogP contribution in [0.15, 0.2) is 39.8 Å². The molecule has 0 amide bonds. The minimum absolute atomic E-state index is 0.967. The molecule has 0 radical (unpaired) electrons. The Morgan fingerprint density at radius 2 is 1.82 bits per heavy atom. The van der Waals surface area contributed by atoms with Crippen LogP contribution in [0, 0.1) is 13.8 Å². The van der Waals surface area contributed by atoms with Gasteiger partial charge in [0.1, 0.15) is 0 Å². The van der Waals surface area contributed by atoms with E-state index in [1.165, 1.54) is 17.0 Å². The zero-order valence-electron chi connectivity index (χ0n) is 10.2. The van der Waals surface area contributed by atoms with Gasteiger partial charge in [-0.05, 0) is 44.2 Å². The van der Waals surface area contributed by atoms with E-state index in [0.717, 1.165) is 10.2 Å². The standard InChI is InChI=1S/C14H15BrN2/c1-10-8-12(11(2)17(10)3)9-16-14-6-4-13(15)5-7-14/h4-9H,1-3H3. The quantitative estimate of drug-likeness (QED) is 0.739. The first-order valence-corrected chi connectivity index (χ1v) is 6.30. The highest BCUT2D eigenvalue weighted by molar-refractivity contribution is 9.10. The van der Waals surface area contributed by atoms with Gasteiger partial charge in [-0.25, -0.2) is 0 Å². The van der Waals surface area contributed by atoms with Gasteiger partial charge in [-0.15, -0.1) is 0 Å². The van der Waals surface area contributed by atoms with Crippen molar-refractivity contribution in [1.29, 1.82) is 0 Å². The third-order valence-corrected chi connectivity index (χ3v) is 3.52. The van der Waals surface area contributed by atoms with Crippen molar-refractivity contribution in [1.82, 2.24) is 4.57 Å². The lowest BCUT2D eigenvalue weighted by Gasteiger charge is -1.98. The van der Waals surface area contributed by atoms with Crippen LogP contribution in [0.4, 0.5) is 5.69 Å². The maximum absolute atomic E-state index is 4.47. The molecule has 3 heteroatoms. The number of hydrogen-bond donors (Lipinski definition) is 0. The van der Waals surface area contributed by atoms with E-state index in [0.29, 0.717) is 0 Å². The molecule has 0 fully saturated rings. The predicted molar refractivity (Wildman–Crippen MR) is 76.3 cm³/mol. The Balaban J connectivity index is 2.26. The fourth-order valence-electron chi connectivity index (χ4n) is 1.69. The van der Waals surface area contributed by atoms with Gasteiger partial charge in [-0.3, -0.25) is 4.99 Å². The zero-order chi connectivity index (χ0) is 12.4. The summed E-state index contributed by atoms with van der Waals surface area (Å²) in [6, 6.07) is 10.1. The second-order valence-electron chi connectivity index (χ2n) is 4.12. The van der Waals surface area contributed by atoms with Gasteiger partial charge in [-0.1, -0.05) is 15.9 Å². The molecular weight excluding hydrogens is 276 g/mol. The van der Waals surface area contributed by atoms with Crippen LogP contribution in [0.1, 0.15) is 17.0 Å². The summed E-state index contributed by atoms with van der Waals surface area (Å²) < 4.78 is 3.24. The van der Waals surface area contributed by atoms with E-state index in [4.69, 9.17) is 0 Å². The van der Waals surface area contributed by atoms with Crippen LogP contribution in [-0.2, 0) is 7.05 Å². The summed E-state index contributed by atoms with van der Waals surface area (Å²) in [6.07, 6.45) is 1.92. The maximum atomic E-state index is 4.47. The van der Waals surface area contributed by atoms with Crippen molar-refractivity contribution >= 4 is 27.8 Å². The number of benzene rings is 1. The number of nitrogens with zero attached hydrogens (tertiary/aromatic N) is 2. The van der Waals surface area contributed by atoms with Crippen LogP contribution in [0.2, 0.25) is 0 Å². The molecule has 0 saturated carbocycles. The Morgan fingerprint density at radius 3 is 2.35 bits per heavy atom. The Kier molecular flexibility index (Phi) is 3.48. The third-order valence-electron chi connectivity index (χ3n) is 2.99. The van der Waals surface area contributed by atoms with Crippen LogP contribution in [0.25, 0.3) is 0 Å². The summed E-state index contributed by atoms with van der Waals surface area (Å²) in [5.41, 5.74) is 4.63. The smallest absolute Gasteiger partial charge is 0.0630 e. The molecule has 2 rings (SSSR count). The summed E-state index contributed by atoms with van der Waals surface area (Å²) >= 11 is 3.41. The number of hydrogen-bond acceptors (Lipinski definition) is 1. The Bertz CT molecular complexity index is 550. The van der Waals surface area contributed by atoms with Crippen LogP contribution >= 0.6 is 15.9 Å². The SMILES string of the molecule is Cc1cc(C=Nc2ccc(Br)cc2)c(C)n1C. The molecule has 0 aliphatic carbocycles. The predicted octanol–water partition coefficient (Wildman–Crippen LogP) is 4.16. The highest BCUT2D eigenvalue weighted by atomic mass is 79.9. The van der Waals surface area contributed by atoms with Gasteiger partial charge in [-0.2, -0.15) is 0 Å².